The lowest BCUT2D eigenvalue weighted by molar-refractivity contribution is -0.0401. The molecule has 5 heteroatoms. The predicted molar refractivity (Wildman–Crippen MR) is 86.2 cm³/mol. The van der Waals surface area contributed by atoms with Crippen molar-refractivity contribution in [2.24, 2.45) is 0 Å². The first-order chi connectivity index (χ1) is 10.1. The molecule has 3 atom stereocenters. The molecule has 0 saturated carbocycles. The number of rotatable bonds is 3. The third-order valence-electron chi connectivity index (χ3n) is 4.30. The van der Waals surface area contributed by atoms with Crippen molar-refractivity contribution < 1.29 is 14.2 Å². The molecule has 2 aliphatic rings. The highest BCUT2D eigenvalue weighted by Gasteiger charge is 2.60. The van der Waals surface area contributed by atoms with Gasteiger partial charge < -0.3 is 14.2 Å². The van der Waals surface area contributed by atoms with E-state index in [1.54, 1.807) is 14.2 Å². The van der Waals surface area contributed by atoms with Crippen LogP contribution < -0.4 is 4.74 Å². The van der Waals surface area contributed by atoms with E-state index in [9.17, 15) is 5.26 Å². The van der Waals surface area contributed by atoms with Crippen LogP contribution in [0.3, 0.4) is 0 Å². The molecule has 1 aliphatic heterocycles. The summed E-state index contributed by atoms with van der Waals surface area (Å²) in [6, 6.07) is 10.2. The van der Waals surface area contributed by atoms with Crippen molar-refractivity contribution in [1.82, 2.24) is 0 Å². The summed E-state index contributed by atoms with van der Waals surface area (Å²) in [5.74, 6) is 1.66. The number of nitriles is 1. The van der Waals surface area contributed by atoms with E-state index < -0.39 is 9.02 Å². The number of hydrogen-bond donors (Lipinski definition) is 0. The molecule has 21 heavy (non-hydrogen) atoms. The summed E-state index contributed by atoms with van der Waals surface area (Å²) in [4.78, 5) is 0. The molecule has 3 rings (SSSR count). The van der Waals surface area contributed by atoms with Gasteiger partial charge in [-0.1, -0.05) is 18.2 Å². The number of fused-ring (bicyclic) bond motifs is 3. The monoisotopic (exact) mass is 397 g/mol. The van der Waals surface area contributed by atoms with Crippen LogP contribution in [0, 0.1) is 11.3 Å². The second kappa shape index (κ2) is 5.18. The van der Waals surface area contributed by atoms with Gasteiger partial charge in [0, 0.05) is 19.1 Å². The van der Waals surface area contributed by atoms with Crippen molar-refractivity contribution in [3.63, 3.8) is 0 Å². The molecule has 0 aromatic heterocycles. The normalized spacial score (nSPS) is 33.2. The SMILES string of the molecule is COC1=C[C@]2(CC#N)c3ccccc3O[C@@H]2[C@](I)(OC)C1. The number of methoxy groups -OCH3 is 2. The predicted octanol–water partition coefficient (Wildman–Crippen LogP) is 3.31. The topological polar surface area (TPSA) is 51.5 Å². The standard InChI is InChI=1S/C16H16INO3/c1-19-11-9-15(7-8-18)12-5-3-4-6-13(12)21-14(15)16(17,10-11)20-2/h3-6,9,14H,7,10H2,1-2H3/t14-,15+,16+/m0/s1. The summed E-state index contributed by atoms with van der Waals surface area (Å²) in [5.41, 5.74) is 0.510. The van der Waals surface area contributed by atoms with Crippen LogP contribution in [0.25, 0.3) is 0 Å². The molecule has 0 radical (unpaired) electrons. The molecule has 0 N–H and O–H groups in total. The number of ether oxygens (including phenoxy) is 3. The summed E-state index contributed by atoms with van der Waals surface area (Å²) in [6.07, 6.45) is 2.75. The minimum atomic E-state index is -0.562. The van der Waals surface area contributed by atoms with Crippen LogP contribution in [-0.2, 0) is 14.9 Å². The molecular weight excluding hydrogens is 381 g/mol. The van der Waals surface area contributed by atoms with Crippen LogP contribution in [0.1, 0.15) is 18.4 Å². The van der Waals surface area contributed by atoms with Crippen LogP contribution >= 0.6 is 22.6 Å². The van der Waals surface area contributed by atoms with Crippen LogP contribution in [0.15, 0.2) is 36.1 Å². The Hall–Kier alpha value is -1.26. The maximum absolute atomic E-state index is 9.37. The molecule has 0 saturated heterocycles. The second-order valence-corrected chi connectivity index (χ2v) is 7.18. The fraction of sp³-hybridized carbons (Fsp3) is 0.438. The molecule has 0 unspecified atom stereocenters. The summed E-state index contributed by atoms with van der Waals surface area (Å²) in [7, 11) is 3.33. The van der Waals surface area contributed by atoms with Gasteiger partial charge in [0.2, 0.25) is 0 Å². The van der Waals surface area contributed by atoms with Crippen LogP contribution in [0.4, 0.5) is 0 Å². The van der Waals surface area contributed by atoms with E-state index in [0.29, 0.717) is 12.8 Å². The van der Waals surface area contributed by atoms with E-state index in [0.717, 1.165) is 17.1 Å². The van der Waals surface area contributed by atoms with Gasteiger partial charge in [-0.2, -0.15) is 5.26 Å². The quantitative estimate of drug-likeness (QED) is 0.580. The minimum absolute atomic E-state index is 0.244. The molecule has 1 aromatic rings. The molecule has 0 spiro atoms. The highest BCUT2D eigenvalue weighted by molar-refractivity contribution is 14.1. The third-order valence-corrected chi connectivity index (χ3v) is 5.69. The Labute approximate surface area is 137 Å². The first kappa shape index (κ1) is 14.7. The molecule has 0 amide bonds. The van der Waals surface area contributed by atoms with E-state index in [-0.39, 0.29) is 6.10 Å². The lowest BCUT2D eigenvalue weighted by Gasteiger charge is -2.43. The van der Waals surface area contributed by atoms with E-state index in [2.05, 4.69) is 28.7 Å². The Morgan fingerprint density at radius 1 is 1.43 bits per heavy atom. The molecule has 0 bridgehead atoms. The molecule has 0 fully saturated rings. The lowest BCUT2D eigenvalue weighted by atomic mass is 9.69. The van der Waals surface area contributed by atoms with Gasteiger partial charge >= 0.3 is 0 Å². The van der Waals surface area contributed by atoms with Crippen molar-refractivity contribution >= 4 is 22.6 Å². The summed E-state index contributed by atoms with van der Waals surface area (Å²) < 4.78 is 16.9. The zero-order chi connectivity index (χ0) is 15.1. The van der Waals surface area contributed by atoms with Gasteiger partial charge in [-0.25, -0.2) is 0 Å². The molecule has 1 aromatic carbocycles. The maximum atomic E-state index is 9.37. The summed E-state index contributed by atoms with van der Waals surface area (Å²) in [5, 5.41) is 9.37. The van der Waals surface area contributed by atoms with Crippen molar-refractivity contribution in [1.29, 1.82) is 5.26 Å². The molecule has 110 valence electrons. The highest BCUT2D eigenvalue weighted by Crippen LogP contribution is 2.56. The number of halogens is 1. The maximum Gasteiger partial charge on any atom is 0.163 e. The minimum Gasteiger partial charge on any atom is -0.501 e. The van der Waals surface area contributed by atoms with Crippen molar-refractivity contribution in [2.45, 2.75) is 28.0 Å². The first-order valence-electron chi connectivity index (χ1n) is 6.72. The van der Waals surface area contributed by atoms with E-state index in [1.165, 1.54) is 0 Å². The van der Waals surface area contributed by atoms with E-state index >= 15 is 0 Å². The summed E-state index contributed by atoms with van der Waals surface area (Å²) >= 11 is 2.28. The number of alkyl halides is 1. The lowest BCUT2D eigenvalue weighted by Crippen LogP contribution is -2.54. The zero-order valence-electron chi connectivity index (χ0n) is 11.9. The number of hydrogen-bond acceptors (Lipinski definition) is 4. The van der Waals surface area contributed by atoms with Crippen molar-refractivity contribution in [3.8, 4) is 11.8 Å². The van der Waals surface area contributed by atoms with Crippen LogP contribution in [0.5, 0.6) is 5.75 Å². The van der Waals surface area contributed by atoms with Gasteiger partial charge in [0.05, 0.1) is 30.8 Å². The Balaban J connectivity index is 2.23. The Bertz CT molecular complexity index is 639. The fourth-order valence-corrected chi connectivity index (χ4v) is 4.36. The Morgan fingerprint density at radius 2 is 2.19 bits per heavy atom. The summed E-state index contributed by atoms with van der Waals surface area (Å²) in [6.45, 7) is 0. The molecule has 4 nitrogen and oxygen atoms in total. The number of para-hydroxylation sites is 1. The van der Waals surface area contributed by atoms with Crippen LogP contribution in [-0.4, -0.2) is 23.9 Å². The first-order valence-corrected chi connectivity index (χ1v) is 7.80. The average Bonchev–Trinajstić information content (AvgIpc) is 2.83. The molecular formula is C16H16INO3. The number of nitrogens with zero attached hydrogens (tertiary/aromatic N) is 1. The van der Waals surface area contributed by atoms with Gasteiger partial charge in [0.25, 0.3) is 0 Å². The van der Waals surface area contributed by atoms with Gasteiger partial charge in [-0.05, 0) is 34.7 Å². The average molecular weight is 397 g/mol. The van der Waals surface area contributed by atoms with E-state index in [1.807, 2.05) is 30.3 Å². The fourth-order valence-electron chi connectivity index (χ4n) is 3.30. The van der Waals surface area contributed by atoms with Gasteiger partial charge in [0.1, 0.15) is 5.75 Å². The van der Waals surface area contributed by atoms with Crippen molar-refractivity contribution in [2.75, 3.05) is 14.2 Å². The Morgan fingerprint density at radius 3 is 2.86 bits per heavy atom. The van der Waals surface area contributed by atoms with Gasteiger partial charge in [0.15, 0.2) is 9.71 Å². The highest BCUT2D eigenvalue weighted by atomic mass is 127. The zero-order valence-corrected chi connectivity index (χ0v) is 14.1. The largest absolute Gasteiger partial charge is 0.501 e. The smallest absolute Gasteiger partial charge is 0.163 e. The molecule has 1 heterocycles. The Kier molecular flexibility index (Phi) is 3.62. The van der Waals surface area contributed by atoms with E-state index in [4.69, 9.17) is 14.2 Å². The second-order valence-electron chi connectivity index (χ2n) is 5.35. The van der Waals surface area contributed by atoms with Gasteiger partial charge in [-0.15, -0.1) is 0 Å². The van der Waals surface area contributed by atoms with Gasteiger partial charge in [-0.3, -0.25) is 0 Å². The molecule has 1 aliphatic carbocycles. The van der Waals surface area contributed by atoms with Crippen LogP contribution in [0.2, 0.25) is 0 Å². The number of benzene rings is 1. The van der Waals surface area contributed by atoms with Crippen molar-refractivity contribution in [3.05, 3.63) is 41.7 Å². The third kappa shape index (κ3) is 2.04.